The first kappa shape index (κ1) is 19.4. The Morgan fingerprint density at radius 2 is 1.69 bits per heavy atom. The van der Waals surface area contributed by atoms with E-state index in [0.29, 0.717) is 48.7 Å². The van der Waals surface area contributed by atoms with Crippen LogP contribution in [0.25, 0.3) is 10.9 Å². The number of aromatic nitrogens is 2. The van der Waals surface area contributed by atoms with E-state index in [2.05, 4.69) is 4.90 Å². The molecule has 0 aliphatic carbocycles. The summed E-state index contributed by atoms with van der Waals surface area (Å²) >= 11 is 0. The van der Waals surface area contributed by atoms with Crippen LogP contribution in [-0.2, 0) is 17.8 Å². The Kier molecular flexibility index (Phi) is 5.78. The van der Waals surface area contributed by atoms with Crippen LogP contribution in [0, 0.1) is 0 Å². The molecule has 0 amide bonds. The van der Waals surface area contributed by atoms with Crippen molar-refractivity contribution in [3.8, 4) is 11.5 Å². The number of hydrogen-bond donors (Lipinski definition) is 0. The minimum absolute atomic E-state index is 0.0805. The summed E-state index contributed by atoms with van der Waals surface area (Å²) in [7, 11) is 3.14. The SMILES string of the molecule is COc1cc2nc(CN3CCOCC3)n(Cc3ccccc3)c(=O)c2cc1OC. The molecule has 0 N–H and O–H groups in total. The van der Waals surface area contributed by atoms with Gasteiger partial charge in [0.15, 0.2) is 11.5 Å². The summed E-state index contributed by atoms with van der Waals surface area (Å²) in [4.78, 5) is 20.6. The van der Waals surface area contributed by atoms with Crippen LogP contribution in [0.3, 0.4) is 0 Å². The maximum Gasteiger partial charge on any atom is 0.261 e. The average Bonchev–Trinajstić information content (AvgIpc) is 2.77. The highest BCUT2D eigenvalue weighted by Crippen LogP contribution is 2.30. The summed E-state index contributed by atoms with van der Waals surface area (Å²) in [6, 6.07) is 13.4. The summed E-state index contributed by atoms with van der Waals surface area (Å²) in [6.07, 6.45) is 0. The first-order valence-corrected chi connectivity index (χ1v) is 9.69. The second kappa shape index (κ2) is 8.63. The van der Waals surface area contributed by atoms with Crippen LogP contribution in [0.2, 0.25) is 0 Å². The monoisotopic (exact) mass is 395 g/mol. The van der Waals surface area contributed by atoms with Crippen LogP contribution in [0.5, 0.6) is 11.5 Å². The molecular formula is C22H25N3O4. The van der Waals surface area contributed by atoms with Gasteiger partial charge in [-0.25, -0.2) is 4.98 Å². The zero-order valence-corrected chi connectivity index (χ0v) is 16.8. The van der Waals surface area contributed by atoms with Crippen LogP contribution in [-0.4, -0.2) is 55.0 Å². The molecule has 7 heteroatoms. The minimum atomic E-state index is -0.0805. The van der Waals surface area contributed by atoms with Crippen molar-refractivity contribution in [1.82, 2.24) is 14.5 Å². The number of fused-ring (bicyclic) bond motifs is 1. The molecule has 29 heavy (non-hydrogen) atoms. The molecule has 152 valence electrons. The highest BCUT2D eigenvalue weighted by molar-refractivity contribution is 5.82. The van der Waals surface area contributed by atoms with Gasteiger partial charge in [0.25, 0.3) is 5.56 Å². The molecule has 0 atom stereocenters. The number of methoxy groups -OCH3 is 2. The smallest absolute Gasteiger partial charge is 0.261 e. The Morgan fingerprint density at radius 3 is 2.38 bits per heavy atom. The van der Waals surface area contributed by atoms with Gasteiger partial charge in [-0.2, -0.15) is 0 Å². The molecule has 7 nitrogen and oxygen atoms in total. The lowest BCUT2D eigenvalue weighted by molar-refractivity contribution is 0.0325. The van der Waals surface area contributed by atoms with Crippen LogP contribution in [0.15, 0.2) is 47.3 Å². The van der Waals surface area contributed by atoms with Gasteiger partial charge >= 0.3 is 0 Å². The normalized spacial score (nSPS) is 14.8. The molecular weight excluding hydrogens is 370 g/mol. The quantitative estimate of drug-likeness (QED) is 0.638. The van der Waals surface area contributed by atoms with E-state index in [9.17, 15) is 4.79 Å². The highest BCUT2D eigenvalue weighted by Gasteiger charge is 2.18. The van der Waals surface area contributed by atoms with Crippen LogP contribution in [0.1, 0.15) is 11.4 Å². The van der Waals surface area contributed by atoms with E-state index in [0.717, 1.165) is 24.5 Å². The molecule has 1 aromatic heterocycles. The Hall–Kier alpha value is -2.90. The first-order chi connectivity index (χ1) is 14.2. The largest absolute Gasteiger partial charge is 0.493 e. The molecule has 0 radical (unpaired) electrons. The van der Waals surface area contributed by atoms with Gasteiger partial charge in [-0.15, -0.1) is 0 Å². The molecule has 0 bridgehead atoms. The molecule has 1 aliphatic rings. The lowest BCUT2D eigenvalue weighted by Crippen LogP contribution is -2.38. The average molecular weight is 395 g/mol. The maximum absolute atomic E-state index is 13.4. The molecule has 0 unspecified atom stereocenters. The predicted molar refractivity (Wildman–Crippen MR) is 111 cm³/mol. The summed E-state index contributed by atoms with van der Waals surface area (Å²) in [6.45, 7) is 4.10. The Morgan fingerprint density at radius 1 is 1.00 bits per heavy atom. The fraction of sp³-hybridized carbons (Fsp3) is 0.364. The number of ether oxygens (including phenoxy) is 3. The number of morpholine rings is 1. The van der Waals surface area contributed by atoms with Crippen molar-refractivity contribution in [3.63, 3.8) is 0 Å². The van der Waals surface area contributed by atoms with Crippen molar-refractivity contribution in [2.24, 2.45) is 0 Å². The summed E-state index contributed by atoms with van der Waals surface area (Å²) in [5.74, 6) is 1.82. The van der Waals surface area contributed by atoms with Gasteiger partial charge < -0.3 is 14.2 Å². The molecule has 2 aromatic carbocycles. The first-order valence-electron chi connectivity index (χ1n) is 9.69. The van der Waals surface area contributed by atoms with E-state index in [1.165, 1.54) is 0 Å². The van der Waals surface area contributed by atoms with Gasteiger partial charge in [0.05, 0.1) is 51.4 Å². The van der Waals surface area contributed by atoms with Crippen molar-refractivity contribution in [2.45, 2.75) is 13.1 Å². The fourth-order valence-electron chi connectivity index (χ4n) is 3.60. The van der Waals surface area contributed by atoms with Crippen molar-refractivity contribution in [2.75, 3.05) is 40.5 Å². The van der Waals surface area contributed by atoms with Crippen molar-refractivity contribution in [3.05, 3.63) is 64.2 Å². The third kappa shape index (κ3) is 4.11. The maximum atomic E-state index is 13.4. The summed E-state index contributed by atoms with van der Waals surface area (Å²) in [5.41, 5.74) is 1.59. The van der Waals surface area contributed by atoms with Gasteiger partial charge in [0, 0.05) is 19.2 Å². The van der Waals surface area contributed by atoms with Crippen LogP contribution >= 0.6 is 0 Å². The van der Waals surface area contributed by atoms with E-state index >= 15 is 0 Å². The van der Waals surface area contributed by atoms with E-state index < -0.39 is 0 Å². The van der Waals surface area contributed by atoms with E-state index in [1.54, 1.807) is 30.9 Å². The van der Waals surface area contributed by atoms with Crippen LogP contribution in [0.4, 0.5) is 0 Å². The van der Waals surface area contributed by atoms with E-state index in [-0.39, 0.29) is 5.56 Å². The van der Waals surface area contributed by atoms with E-state index in [4.69, 9.17) is 19.2 Å². The lowest BCUT2D eigenvalue weighted by Gasteiger charge is -2.27. The lowest BCUT2D eigenvalue weighted by atomic mass is 10.2. The molecule has 4 rings (SSSR count). The van der Waals surface area contributed by atoms with Gasteiger partial charge in [-0.3, -0.25) is 14.3 Å². The van der Waals surface area contributed by atoms with Crippen LogP contribution < -0.4 is 15.0 Å². The van der Waals surface area contributed by atoms with Crippen molar-refractivity contribution in [1.29, 1.82) is 0 Å². The van der Waals surface area contributed by atoms with Gasteiger partial charge in [-0.05, 0) is 11.6 Å². The summed E-state index contributed by atoms with van der Waals surface area (Å²) in [5, 5.41) is 0.518. The third-order valence-electron chi connectivity index (χ3n) is 5.19. The minimum Gasteiger partial charge on any atom is -0.493 e. The molecule has 0 saturated carbocycles. The van der Waals surface area contributed by atoms with Gasteiger partial charge in [0.2, 0.25) is 0 Å². The van der Waals surface area contributed by atoms with Gasteiger partial charge in [0.1, 0.15) is 5.82 Å². The number of benzene rings is 2. The second-order valence-corrected chi connectivity index (χ2v) is 7.02. The van der Waals surface area contributed by atoms with Crippen molar-refractivity contribution < 1.29 is 14.2 Å². The zero-order valence-electron chi connectivity index (χ0n) is 16.8. The Labute approximate surface area is 169 Å². The fourth-order valence-corrected chi connectivity index (χ4v) is 3.60. The zero-order chi connectivity index (χ0) is 20.2. The Balaban J connectivity index is 1.84. The van der Waals surface area contributed by atoms with Crippen molar-refractivity contribution >= 4 is 10.9 Å². The molecule has 1 saturated heterocycles. The topological polar surface area (TPSA) is 65.8 Å². The number of hydrogen-bond acceptors (Lipinski definition) is 6. The molecule has 1 fully saturated rings. The van der Waals surface area contributed by atoms with Gasteiger partial charge in [-0.1, -0.05) is 30.3 Å². The third-order valence-corrected chi connectivity index (χ3v) is 5.19. The Bertz CT molecular complexity index is 1040. The number of nitrogens with zero attached hydrogens (tertiary/aromatic N) is 3. The standard InChI is InChI=1S/C22H25N3O4/c1-27-19-12-17-18(13-20(19)28-2)23-21(15-24-8-10-29-11-9-24)25(22(17)26)14-16-6-4-3-5-7-16/h3-7,12-13H,8-11,14-15H2,1-2H3. The molecule has 0 spiro atoms. The number of rotatable bonds is 6. The second-order valence-electron chi connectivity index (χ2n) is 7.02. The molecule has 2 heterocycles. The van der Waals surface area contributed by atoms with E-state index in [1.807, 2.05) is 30.3 Å². The highest BCUT2D eigenvalue weighted by atomic mass is 16.5. The predicted octanol–water partition coefficient (Wildman–Crippen LogP) is 2.29. The molecule has 3 aromatic rings. The summed E-state index contributed by atoms with van der Waals surface area (Å²) < 4.78 is 18.0. The molecule has 1 aliphatic heterocycles.